The van der Waals surface area contributed by atoms with Crippen LogP contribution < -0.4 is 10.6 Å². The van der Waals surface area contributed by atoms with Crippen molar-refractivity contribution in [2.45, 2.75) is 32.0 Å². The SMILES string of the molecule is CC1CC(C(=O)Nc2cc(C(F)(F)F)ccc2F)CCN1. The van der Waals surface area contributed by atoms with Crippen LogP contribution in [0.25, 0.3) is 0 Å². The first kappa shape index (κ1) is 15.8. The molecule has 3 nitrogen and oxygen atoms in total. The largest absolute Gasteiger partial charge is 0.416 e. The highest BCUT2D eigenvalue weighted by molar-refractivity contribution is 5.92. The number of anilines is 1. The fourth-order valence-electron chi connectivity index (χ4n) is 2.40. The van der Waals surface area contributed by atoms with E-state index in [4.69, 9.17) is 0 Å². The van der Waals surface area contributed by atoms with E-state index < -0.39 is 29.2 Å². The highest BCUT2D eigenvalue weighted by Gasteiger charge is 2.32. The average Bonchev–Trinajstić information content (AvgIpc) is 2.40. The molecule has 21 heavy (non-hydrogen) atoms. The topological polar surface area (TPSA) is 41.1 Å². The van der Waals surface area contributed by atoms with Crippen LogP contribution >= 0.6 is 0 Å². The molecule has 116 valence electrons. The van der Waals surface area contributed by atoms with Gasteiger partial charge in [-0.1, -0.05) is 0 Å². The van der Waals surface area contributed by atoms with Crippen LogP contribution in [0, 0.1) is 11.7 Å². The molecule has 0 bridgehead atoms. The van der Waals surface area contributed by atoms with E-state index in [9.17, 15) is 22.4 Å². The Bertz CT molecular complexity index is 530. The maximum absolute atomic E-state index is 13.6. The molecule has 2 atom stereocenters. The van der Waals surface area contributed by atoms with Crippen molar-refractivity contribution in [2.24, 2.45) is 5.92 Å². The molecule has 1 fully saturated rings. The van der Waals surface area contributed by atoms with Crippen LogP contribution in [0.1, 0.15) is 25.3 Å². The number of carbonyl (C=O) groups is 1. The van der Waals surface area contributed by atoms with Crippen molar-refractivity contribution in [1.29, 1.82) is 0 Å². The lowest BCUT2D eigenvalue weighted by Gasteiger charge is -2.27. The second-order valence-corrected chi connectivity index (χ2v) is 5.26. The number of piperidine rings is 1. The monoisotopic (exact) mass is 304 g/mol. The van der Waals surface area contributed by atoms with Gasteiger partial charge in [0.2, 0.25) is 5.91 Å². The number of benzene rings is 1. The van der Waals surface area contributed by atoms with Gasteiger partial charge in [0, 0.05) is 12.0 Å². The summed E-state index contributed by atoms with van der Waals surface area (Å²) in [6, 6.07) is 2.14. The summed E-state index contributed by atoms with van der Waals surface area (Å²) in [6.45, 7) is 2.58. The van der Waals surface area contributed by atoms with Crippen molar-refractivity contribution in [3.05, 3.63) is 29.6 Å². The quantitative estimate of drug-likeness (QED) is 0.824. The zero-order valence-corrected chi connectivity index (χ0v) is 11.4. The van der Waals surface area contributed by atoms with Crippen LogP contribution in [0.5, 0.6) is 0 Å². The van der Waals surface area contributed by atoms with Crippen LogP contribution in [-0.2, 0) is 11.0 Å². The smallest absolute Gasteiger partial charge is 0.323 e. The molecule has 0 radical (unpaired) electrons. The molecular formula is C14H16F4N2O. The molecule has 1 aromatic carbocycles. The molecule has 7 heteroatoms. The summed E-state index contributed by atoms with van der Waals surface area (Å²) in [4.78, 5) is 12.0. The Hall–Kier alpha value is -1.63. The number of nitrogens with one attached hydrogen (secondary N) is 2. The van der Waals surface area contributed by atoms with Gasteiger partial charge in [-0.15, -0.1) is 0 Å². The first-order chi connectivity index (χ1) is 9.77. The number of hydrogen-bond acceptors (Lipinski definition) is 2. The molecule has 1 heterocycles. The summed E-state index contributed by atoms with van der Waals surface area (Å²) in [7, 11) is 0. The van der Waals surface area contributed by atoms with Crippen LogP contribution in [0.4, 0.5) is 23.2 Å². The number of hydrogen-bond donors (Lipinski definition) is 2. The molecule has 1 aliphatic heterocycles. The lowest BCUT2D eigenvalue weighted by Crippen LogP contribution is -2.40. The first-order valence-corrected chi connectivity index (χ1v) is 6.68. The Morgan fingerprint density at radius 2 is 2.10 bits per heavy atom. The van der Waals surface area contributed by atoms with Gasteiger partial charge in [-0.3, -0.25) is 4.79 Å². The van der Waals surface area contributed by atoms with E-state index in [1.165, 1.54) is 0 Å². The van der Waals surface area contributed by atoms with Crippen molar-refractivity contribution >= 4 is 11.6 Å². The van der Waals surface area contributed by atoms with Gasteiger partial charge >= 0.3 is 6.18 Å². The highest BCUT2D eigenvalue weighted by atomic mass is 19.4. The summed E-state index contributed by atoms with van der Waals surface area (Å²) < 4.78 is 51.4. The molecular weight excluding hydrogens is 288 g/mol. The third-order valence-corrected chi connectivity index (χ3v) is 3.55. The summed E-state index contributed by atoms with van der Waals surface area (Å²) >= 11 is 0. The standard InChI is InChI=1S/C14H16F4N2O/c1-8-6-9(4-5-19-8)13(21)20-12-7-10(14(16,17)18)2-3-11(12)15/h2-3,7-9,19H,4-6H2,1H3,(H,20,21). The number of rotatable bonds is 2. The minimum atomic E-state index is -4.57. The van der Waals surface area contributed by atoms with E-state index in [1.807, 2.05) is 6.92 Å². The first-order valence-electron chi connectivity index (χ1n) is 6.68. The van der Waals surface area contributed by atoms with E-state index in [0.29, 0.717) is 37.6 Å². The number of halogens is 4. The predicted molar refractivity (Wildman–Crippen MR) is 70.2 cm³/mol. The lowest BCUT2D eigenvalue weighted by atomic mass is 9.92. The second-order valence-electron chi connectivity index (χ2n) is 5.26. The number of alkyl halides is 3. The molecule has 0 aliphatic carbocycles. The fourth-order valence-corrected chi connectivity index (χ4v) is 2.40. The molecule has 1 aromatic rings. The zero-order valence-electron chi connectivity index (χ0n) is 11.4. The van der Waals surface area contributed by atoms with Gasteiger partial charge in [-0.05, 0) is 44.5 Å². The zero-order chi connectivity index (χ0) is 15.6. The molecule has 0 aromatic heterocycles. The average molecular weight is 304 g/mol. The van der Waals surface area contributed by atoms with Gasteiger partial charge in [-0.2, -0.15) is 13.2 Å². The Labute approximate surface area is 119 Å². The van der Waals surface area contributed by atoms with Crippen molar-refractivity contribution in [3.63, 3.8) is 0 Å². The highest BCUT2D eigenvalue weighted by Crippen LogP contribution is 2.32. The van der Waals surface area contributed by atoms with Crippen LogP contribution in [-0.4, -0.2) is 18.5 Å². The summed E-state index contributed by atoms with van der Waals surface area (Å²) in [6.07, 6.45) is -3.42. The molecule has 1 saturated heterocycles. The van der Waals surface area contributed by atoms with Crippen LogP contribution in [0.3, 0.4) is 0 Å². The fraction of sp³-hybridized carbons (Fsp3) is 0.500. The van der Waals surface area contributed by atoms with Gasteiger partial charge in [0.05, 0.1) is 11.3 Å². The van der Waals surface area contributed by atoms with E-state index in [-0.39, 0.29) is 12.0 Å². The molecule has 0 spiro atoms. The normalized spacial score (nSPS) is 22.9. The van der Waals surface area contributed by atoms with E-state index in [0.717, 1.165) is 0 Å². The van der Waals surface area contributed by atoms with Gasteiger partial charge < -0.3 is 10.6 Å². The summed E-state index contributed by atoms with van der Waals surface area (Å²) in [5.74, 6) is -1.64. The molecule has 2 unspecified atom stereocenters. The lowest BCUT2D eigenvalue weighted by molar-refractivity contribution is -0.137. The van der Waals surface area contributed by atoms with Gasteiger partial charge in [-0.25, -0.2) is 4.39 Å². The Kier molecular flexibility index (Phi) is 4.51. The molecule has 2 rings (SSSR count). The molecule has 2 N–H and O–H groups in total. The van der Waals surface area contributed by atoms with E-state index >= 15 is 0 Å². The number of amides is 1. The predicted octanol–water partition coefficient (Wildman–Crippen LogP) is 3.17. The Morgan fingerprint density at radius 3 is 2.71 bits per heavy atom. The van der Waals surface area contributed by atoms with E-state index in [1.54, 1.807) is 0 Å². The molecule has 1 amide bonds. The minimum absolute atomic E-state index is 0.154. The third kappa shape index (κ3) is 3.93. The molecule has 1 aliphatic rings. The van der Waals surface area contributed by atoms with Crippen molar-refractivity contribution in [3.8, 4) is 0 Å². The Morgan fingerprint density at radius 1 is 1.38 bits per heavy atom. The summed E-state index contributed by atoms with van der Waals surface area (Å²) in [5.41, 5.74) is -1.42. The van der Waals surface area contributed by atoms with Crippen molar-refractivity contribution < 1.29 is 22.4 Å². The van der Waals surface area contributed by atoms with E-state index in [2.05, 4.69) is 10.6 Å². The molecule has 0 saturated carbocycles. The van der Waals surface area contributed by atoms with Gasteiger partial charge in [0.25, 0.3) is 0 Å². The van der Waals surface area contributed by atoms with Gasteiger partial charge in [0.15, 0.2) is 0 Å². The Balaban J connectivity index is 2.13. The van der Waals surface area contributed by atoms with Crippen molar-refractivity contribution in [2.75, 3.05) is 11.9 Å². The third-order valence-electron chi connectivity index (χ3n) is 3.55. The second kappa shape index (κ2) is 6.01. The minimum Gasteiger partial charge on any atom is -0.323 e. The van der Waals surface area contributed by atoms with Crippen molar-refractivity contribution in [1.82, 2.24) is 5.32 Å². The summed E-state index contributed by atoms with van der Waals surface area (Å²) in [5, 5.41) is 5.44. The van der Waals surface area contributed by atoms with Crippen LogP contribution in [0.2, 0.25) is 0 Å². The van der Waals surface area contributed by atoms with Gasteiger partial charge in [0.1, 0.15) is 5.82 Å². The maximum atomic E-state index is 13.6. The number of carbonyl (C=O) groups excluding carboxylic acids is 1. The maximum Gasteiger partial charge on any atom is 0.416 e. The van der Waals surface area contributed by atoms with Crippen LogP contribution in [0.15, 0.2) is 18.2 Å².